The summed E-state index contributed by atoms with van der Waals surface area (Å²) in [6.07, 6.45) is 5.76. The van der Waals surface area contributed by atoms with Gasteiger partial charge in [-0.3, -0.25) is 9.59 Å². The van der Waals surface area contributed by atoms with Crippen molar-refractivity contribution in [1.29, 1.82) is 0 Å². The minimum atomic E-state index is -0.343. The monoisotopic (exact) mass is 397 g/mol. The van der Waals surface area contributed by atoms with Crippen molar-refractivity contribution in [3.8, 4) is 0 Å². The Kier molecular flexibility index (Phi) is 5.69. The van der Waals surface area contributed by atoms with E-state index >= 15 is 0 Å². The van der Waals surface area contributed by atoms with Crippen molar-refractivity contribution < 1.29 is 14.0 Å². The highest BCUT2D eigenvalue weighted by atomic mass is 19.1. The molecule has 154 valence electrons. The van der Waals surface area contributed by atoms with Gasteiger partial charge < -0.3 is 14.4 Å². The average Bonchev–Trinajstić information content (AvgIpc) is 3.14. The van der Waals surface area contributed by atoms with Gasteiger partial charge in [-0.15, -0.1) is 0 Å². The minimum absolute atomic E-state index is 0.0759. The van der Waals surface area contributed by atoms with E-state index in [9.17, 15) is 14.0 Å². The fourth-order valence-electron chi connectivity index (χ4n) is 4.38. The van der Waals surface area contributed by atoms with Crippen molar-refractivity contribution in [2.75, 3.05) is 19.6 Å². The van der Waals surface area contributed by atoms with Gasteiger partial charge in [-0.25, -0.2) is 4.39 Å². The summed E-state index contributed by atoms with van der Waals surface area (Å²) in [5.41, 5.74) is 1.73. The minimum Gasteiger partial charge on any atom is -0.348 e. The van der Waals surface area contributed by atoms with Crippen LogP contribution in [-0.2, 0) is 16.1 Å². The average molecular weight is 397 g/mol. The van der Waals surface area contributed by atoms with Gasteiger partial charge in [-0.1, -0.05) is 25.5 Å². The molecule has 0 radical (unpaired) electrons. The second-order valence-corrected chi connectivity index (χ2v) is 8.06. The maximum atomic E-state index is 13.9. The predicted octanol–water partition coefficient (Wildman–Crippen LogP) is 3.60. The molecule has 1 atom stereocenters. The van der Waals surface area contributed by atoms with E-state index in [0.717, 1.165) is 36.9 Å². The summed E-state index contributed by atoms with van der Waals surface area (Å²) in [5, 5.41) is 0. The van der Waals surface area contributed by atoms with Crippen molar-refractivity contribution >= 4 is 11.8 Å². The molecule has 2 aliphatic rings. The van der Waals surface area contributed by atoms with Crippen LogP contribution in [0.1, 0.15) is 49.9 Å². The van der Waals surface area contributed by atoms with Crippen LogP contribution < -0.4 is 0 Å². The largest absolute Gasteiger partial charge is 0.348 e. The summed E-state index contributed by atoms with van der Waals surface area (Å²) in [4.78, 5) is 29.7. The van der Waals surface area contributed by atoms with Gasteiger partial charge in [-0.2, -0.15) is 0 Å². The maximum Gasteiger partial charge on any atom is 0.243 e. The van der Waals surface area contributed by atoms with Crippen molar-refractivity contribution in [2.45, 2.75) is 45.2 Å². The molecule has 4 rings (SSSR count). The molecule has 0 bridgehead atoms. The number of halogens is 1. The van der Waals surface area contributed by atoms with E-state index in [0.29, 0.717) is 19.6 Å². The first-order valence-corrected chi connectivity index (χ1v) is 10.6. The van der Waals surface area contributed by atoms with Gasteiger partial charge in [0.15, 0.2) is 0 Å². The highest BCUT2D eigenvalue weighted by Gasteiger charge is 2.35. The summed E-state index contributed by atoms with van der Waals surface area (Å²) in [6, 6.07) is 10.1. The number of aromatic nitrogens is 1. The third kappa shape index (κ3) is 3.93. The molecule has 2 amide bonds. The fraction of sp³-hybridized carbons (Fsp3) is 0.478. The molecule has 1 aliphatic heterocycles. The molecule has 1 saturated carbocycles. The Bertz CT molecular complexity index is 890. The second-order valence-electron chi connectivity index (χ2n) is 8.06. The zero-order valence-electron chi connectivity index (χ0n) is 16.9. The number of hydrogen-bond acceptors (Lipinski definition) is 2. The van der Waals surface area contributed by atoms with Crippen LogP contribution in [0.15, 0.2) is 42.6 Å². The van der Waals surface area contributed by atoms with Crippen LogP contribution in [0.2, 0.25) is 0 Å². The maximum absolute atomic E-state index is 13.9. The van der Waals surface area contributed by atoms with Crippen LogP contribution in [0.3, 0.4) is 0 Å². The van der Waals surface area contributed by atoms with E-state index in [4.69, 9.17) is 0 Å². The van der Waals surface area contributed by atoms with Crippen molar-refractivity contribution in [2.24, 2.45) is 5.92 Å². The Labute approximate surface area is 171 Å². The molecule has 0 N–H and O–H groups in total. The summed E-state index contributed by atoms with van der Waals surface area (Å²) < 4.78 is 16.1. The van der Waals surface area contributed by atoms with Crippen LogP contribution in [-0.4, -0.2) is 45.8 Å². The van der Waals surface area contributed by atoms with Gasteiger partial charge in [0.25, 0.3) is 0 Å². The number of carbonyl (C=O) groups is 2. The SMILES string of the molecule is CCCN(CC(=O)N1CCn2cccc2C1c1cccc(F)c1)C(=O)C1CCC1. The van der Waals surface area contributed by atoms with E-state index in [1.54, 1.807) is 15.9 Å². The van der Waals surface area contributed by atoms with Crippen LogP contribution in [0.25, 0.3) is 0 Å². The Morgan fingerprint density at radius 1 is 1.17 bits per heavy atom. The van der Waals surface area contributed by atoms with E-state index in [-0.39, 0.29) is 36.1 Å². The zero-order chi connectivity index (χ0) is 20.4. The molecular formula is C23H28FN3O2. The second kappa shape index (κ2) is 8.39. The molecule has 29 heavy (non-hydrogen) atoms. The lowest BCUT2D eigenvalue weighted by atomic mass is 9.84. The van der Waals surface area contributed by atoms with Crippen molar-refractivity contribution in [1.82, 2.24) is 14.4 Å². The number of carbonyl (C=O) groups excluding carboxylic acids is 2. The molecular weight excluding hydrogens is 369 g/mol. The first kappa shape index (κ1) is 19.7. The molecule has 5 nitrogen and oxygen atoms in total. The van der Waals surface area contributed by atoms with Crippen LogP contribution in [0.5, 0.6) is 0 Å². The lowest BCUT2D eigenvalue weighted by molar-refractivity contribution is -0.145. The Hall–Kier alpha value is -2.63. The lowest BCUT2D eigenvalue weighted by Crippen LogP contribution is -2.49. The quantitative estimate of drug-likeness (QED) is 0.748. The number of benzene rings is 1. The summed E-state index contributed by atoms with van der Waals surface area (Å²) in [6.45, 7) is 3.95. The van der Waals surface area contributed by atoms with Gasteiger partial charge in [0.2, 0.25) is 11.8 Å². The Balaban J connectivity index is 1.59. The Morgan fingerprint density at radius 2 is 2.00 bits per heavy atom. The van der Waals surface area contributed by atoms with Gasteiger partial charge in [0, 0.05) is 37.4 Å². The molecule has 1 fully saturated rings. The van der Waals surface area contributed by atoms with Crippen molar-refractivity contribution in [3.63, 3.8) is 0 Å². The summed E-state index contributed by atoms with van der Waals surface area (Å²) in [5.74, 6) is -0.208. The standard InChI is InChI=1S/C23H28FN3O2/c1-2-11-26(23(29)17-6-3-7-17)16-21(28)27-14-13-25-12-5-10-20(25)22(27)18-8-4-9-19(24)15-18/h4-5,8-10,12,15,17,22H,2-3,6-7,11,13-14,16H2,1H3. The molecule has 1 unspecified atom stereocenters. The van der Waals surface area contributed by atoms with E-state index in [1.165, 1.54) is 12.1 Å². The lowest BCUT2D eigenvalue weighted by Gasteiger charge is -2.39. The summed E-state index contributed by atoms with van der Waals surface area (Å²) >= 11 is 0. The highest BCUT2D eigenvalue weighted by molar-refractivity contribution is 5.86. The zero-order valence-corrected chi connectivity index (χ0v) is 16.9. The molecule has 1 aliphatic carbocycles. The first-order valence-electron chi connectivity index (χ1n) is 10.6. The van der Waals surface area contributed by atoms with Crippen LogP contribution in [0, 0.1) is 11.7 Å². The van der Waals surface area contributed by atoms with Gasteiger partial charge in [-0.05, 0) is 49.1 Å². The number of rotatable bonds is 6. The number of fused-ring (bicyclic) bond motifs is 1. The molecule has 0 spiro atoms. The molecule has 0 saturated heterocycles. The molecule has 2 aromatic rings. The molecule has 1 aromatic heterocycles. The van der Waals surface area contributed by atoms with Gasteiger partial charge in [0.05, 0.1) is 12.6 Å². The van der Waals surface area contributed by atoms with Crippen LogP contribution in [0.4, 0.5) is 4.39 Å². The van der Waals surface area contributed by atoms with E-state index < -0.39 is 0 Å². The highest BCUT2D eigenvalue weighted by Crippen LogP contribution is 2.33. The topological polar surface area (TPSA) is 45.6 Å². The fourth-order valence-corrected chi connectivity index (χ4v) is 4.38. The third-order valence-corrected chi connectivity index (χ3v) is 6.11. The molecule has 2 heterocycles. The van der Waals surface area contributed by atoms with Crippen molar-refractivity contribution in [3.05, 3.63) is 59.7 Å². The van der Waals surface area contributed by atoms with E-state index in [2.05, 4.69) is 4.57 Å². The Morgan fingerprint density at radius 3 is 2.69 bits per heavy atom. The molecule has 1 aromatic carbocycles. The normalized spacial score (nSPS) is 18.8. The summed E-state index contributed by atoms with van der Waals surface area (Å²) in [7, 11) is 0. The van der Waals surface area contributed by atoms with Gasteiger partial charge in [0.1, 0.15) is 5.82 Å². The van der Waals surface area contributed by atoms with Crippen LogP contribution >= 0.6 is 0 Å². The number of hydrogen-bond donors (Lipinski definition) is 0. The predicted molar refractivity (Wildman–Crippen MR) is 109 cm³/mol. The number of amides is 2. The van der Waals surface area contributed by atoms with E-state index in [1.807, 2.05) is 31.3 Å². The number of nitrogens with zero attached hydrogens (tertiary/aromatic N) is 3. The third-order valence-electron chi connectivity index (χ3n) is 6.11. The molecule has 6 heteroatoms. The smallest absolute Gasteiger partial charge is 0.243 e. The first-order chi connectivity index (χ1) is 14.1. The van der Waals surface area contributed by atoms with Gasteiger partial charge >= 0.3 is 0 Å².